The summed E-state index contributed by atoms with van der Waals surface area (Å²) in [6, 6.07) is 0. The predicted octanol–water partition coefficient (Wildman–Crippen LogP) is 2.24. The van der Waals surface area contributed by atoms with E-state index in [0.29, 0.717) is 0 Å². The fourth-order valence-electron chi connectivity index (χ4n) is 0.568. The molecule has 0 spiro atoms. The van der Waals surface area contributed by atoms with Crippen LogP contribution in [0.4, 0.5) is 21.1 Å². The van der Waals surface area contributed by atoms with E-state index in [1.807, 2.05) is 0 Å². The number of hydrogen-bond acceptors (Lipinski definition) is 0. The van der Waals surface area contributed by atoms with E-state index in [1.165, 1.54) is 0 Å². The van der Waals surface area contributed by atoms with Crippen molar-refractivity contribution in [2.24, 2.45) is 0 Å². The van der Waals surface area contributed by atoms with Gasteiger partial charge in [-0.2, -0.15) is 0 Å². The largest absolute Gasteiger partial charge is 0.625 e. The molecule has 54 valence electrons. The zero-order chi connectivity index (χ0) is 7.28. The van der Waals surface area contributed by atoms with Gasteiger partial charge in [-0.15, -0.1) is 0 Å². The summed E-state index contributed by atoms with van der Waals surface area (Å²) in [5, 5.41) is 0. The van der Waals surface area contributed by atoms with Gasteiger partial charge in [0.05, 0.1) is 0 Å². The zero-order valence-electron chi connectivity index (χ0n) is 4.17. The number of hydrogen-bond donors (Lipinski definition) is 0. The summed E-state index contributed by atoms with van der Waals surface area (Å²) >= 11 is 0. The first kappa shape index (κ1) is 6.98. The Morgan fingerprint density at radius 2 is 1.56 bits per heavy atom. The van der Waals surface area contributed by atoms with Crippen LogP contribution in [-0.2, 0) is 0 Å². The molecule has 1 aliphatic rings. The molecular formula is C3H3F5Si. The van der Waals surface area contributed by atoms with Crippen LogP contribution in [0.25, 0.3) is 0 Å². The zero-order valence-corrected chi connectivity index (χ0v) is 5.17. The smallest absolute Gasteiger partial charge is 0.237 e. The highest BCUT2D eigenvalue weighted by molar-refractivity contribution is 6.61. The van der Waals surface area contributed by atoms with Gasteiger partial charge in [-0.3, -0.25) is 0 Å². The Balaban J connectivity index is 2.52. The van der Waals surface area contributed by atoms with Crippen molar-refractivity contribution in [1.82, 2.24) is 0 Å². The summed E-state index contributed by atoms with van der Waals surface area (Å²) in [7, 11) is -6.01. The lowest BCUT2D eigenvalue weighted by molar-refractivity contribution is 0.115. The maximum atomic E-state index is 11.6. The third-order valence-electron chi connectivity index (χ3n) is 1.22. The maximum Gasteiger partial charge on any atom is 0.625 e. The summed E-state index contributed by atoms with van der Waals surface area (Å²) in [5.74, 6) is -3.41. The van der Waals surface area contributed by atoms with Crippen LogP contribution in [0.1, 0.15) is 6.42 Å². The lowest BCUT2D eigenvalue weighted by Gasteiger charge is -1.97. The summed E-state index contributed by atoms with van der Waals surface area (Å²) in [5.41, 5.74) is -2.23. The molecule has 0 radical (unpaired) electrons. The van der Waals surface area contributed by atoms with Crippen LogP contribution in [0.2, 0.25) is 5.54 Å². The molecule has 0 aromatic heterocycles. The lowest BCUT2D eigenvalue weighted by atomic mass is 10.8. The number of rotatable bonds is 1. The third kappa shape index (κ3) is 1.23. The van der Waals surface area contributed by atoms with E-state index in [1.54, 1.807) is 0 Å². The average Bonchev–Trinajstić information content (AvgIpc) is 2.10. The van der Waals surface area contributed by atoms with Crippen LogP contribution in [0, 0.1) is 0 Å². The van der Waals surface area contributed by atoms with Gasteiger partial charge in [0.2, 0.25) is 0 Å². The molecule has 1 saturated carbocycles. The molecule has 0 aliphatic heterocycles. The van der Waals surface area contributed by atoms with Crippen molar-refractivity contribution in [3.63, 3.8) is 0 Å². The van der Waals surface area contributed by atoms with Crippen LogP contribution >= 0.6 is 0 Å². The Bertz CT molecular complexity index is 127. The van der Waals surface area contributed by atoms with Crippen molar-refractivity contribution in [3.05, 3.63) is 0 Å². The van der Waals surface area contributed by atoms with Crippen LogP contribution in [-0.4, -0.2) is 15.0 Å². The molecule has 1 rings (SSSR count). The predicted molar refractivity (Wildman–Crippen MR) is 22.4 cm³/mol. The van der Waals surface area contributed by atoms with Gasteiger partial charge in [0, 0.05) is 6.42 Å². The Hall–Kier alpha value is -0.133. The molecule has 0 bridgehead atoms. The van der Waals surface area contributed by atoms with Crippen molar-refractivity contribution >= 4 is 9.08 Å². The van der Waals surface area contributed by atoms with Crippen molar-refractivity contribution < 1.29 is 21.1 Å². The summed E-state index contributed by atoms with van der Waals surface area (Å²) in [6.07, 6.45) is -0.970. The van der Waals surface area contributed by atoms with Gasteiger partial charge in [-0.1, -0.05) is 0 Å². The molecule has 0 saturated heterocycles. The molecule has 0 amide bonds. The second-order valence-corrected chi connectivity index (χ2v) is 3.84. The fraction of sp³-hybridized carbons (Fsp3) is 1.00. The monoisotopic (exact) mass is 162 g/mol. The molecular weight excluding hydrogens is 159 g/mol. The van der Waals surface area contributed by atoms with E-state index in [-0.39, 0.29) is 0 Å². The first-order valence-electron chi connectivity index (χ1n) is 2.28. The Morgan fingerprint density at radius 3 is 1.56 bits per heavy atom. The van der Waals surface area contributed by atoms with Crippen molar-refractivity contribution in [2.75, 3.05) is 0 Å². The van der Waals surface area contributed by atoms with Gasteiger partial charge in [-0.25, -0.2) is 21.1 Å². The van der Waals surface area contributed by atoms with Crippen LogP contribution < -0.4 is 0 Å². The van der Waals surface area contributed by atoms with Crippen molar-refractivity contribution in [2.45, 2.75) is 17.9 Å². The Morgan fingerprint density at radius 1 is 1.22 bits per heavy atom. The fourth-order valence-corrected chi connectivity index (χ4v) is 1.55. The molecule has 1 aliphatic carbocycles. The third-order valence-corrected chi connectivity index (χ3v) is 2.64. The highest BCUT2D eigenvalue weighted by Gasteiger charge is 2.73. The van der Waals surface area contributed by atoms with Gasteiger partial charge in [0.15, 0.2) is 0 Å². The summed E-state index contributed by atoms with van der Waals surface area (Å²) in [6.45, 7) is 0. The van der Waals surface area contributed by atoms with Crippen LogP contribution in [0.5, 0.6) is 0 Å². The summed E-state index contributed by atoms with van der Waals surface area (Å²) in [4.78, 5) is 0. The van der Waals surface area contributed by atoms with Crippen molar-refractivity contribution in [3.8, 4) is 0 Å². The first-order chi connectivity index (χ1) is 3.84. The van der Waals surface area contributed by atoms with Crippen LogP contribution in [0.15, 0.2) is 0 Å². The van der Waals surface area contributed by atoms with E-state index in [4.69, 9.17) is 0 Å². The van der Waals surface area contributed by atoms with Gasteiger partial charge < -0.3 is 0 Å². The normalized spacial score (nSPS) is 32.3. The second-order valence-electron chi connectivity index (χ2n) is 2.06. The van der Waals surface area contributed by atoms with E-state index in [9.17, 15) is 21.1 Å². The van der Waals surface area contributed by atoms with Crippen LogP contribution in [0.3, 0.4) is 0 Å². The molecule has 9 heavy (non-hydrogen) atoms. The Labute approximate surface area is 49.2 Å². The SMILES string of the molecule is FC1(F)CC1[Si](F)(F)F. The first-order valence-corrected chi connectivity index (χ1v) is 4.00. The average molecular weight is 162 g/mol. The molecule has 0 aromatic rings. The number of alkyl halides is 2. The van der Waals surface area contributed by atoms with Gasteiger partial charge in [0.25, 0.3) is 5.92 Å². The minimum absolute atomic E-state index is 0.970. The lowest BCUT2D eigenvalue weighted by Crippen LogP contribution is -2.18. The van der Waals surface area contributed by atoms with E-state index >= 15 is 0 Å². The Kier molecular flexibility index (Phi) is 1.14. The topological polar surface area (TPSA) is 0 Å². The van der Waals surface area contributed by atoms with Crippen molar-refractivity contribution in [1.29, 1.82) is 0 Å². The molecule has 0 nitrogen and oxygen atoms in total. The highest BCUT2D eigenvalue weighted by atomic mass is 28.5. The molecule has 1 unspecified atom stereocenters. The second kappa shape index (κ2) is 1.47. The van der Waals surface area contributed by atoms with Gasteiger partial charge >= 0.3 is 9.08 Å². The van der Waals surface area contributed by atoms with E-state index in [0.717, 1.165) is 0 Å². The molecule has 0 heterocycles. The standard InChI is InChI=1S/C3H3F5Si/c4-3(5)1-2(3)9(6,7)8/h2H,1H2. The molecule has 0 aromatic carbocycles. The molecule has 0 N–H and O–H groups in total. The number of halogens is 5. The highest BCUT2D eigenvalue weighted by Crippen LogP contribution is 2.60. The quantitative estimate of drug-likeness (QED) is 0.315. The molecule has 1 atom stereocenters. The van der Waals surface area contributed by atoms with Gasteiger partial charge in [0.1, 0.15) is 5.54 Å². The molecule has 6 heteroatoms. The summed E-state index contributed by atoms with van der Waals surface area (Å²) < 4.78 is 57.4. The molecule has 1 fully saturated rings. The van der Waals surface area contributed by atoms with Gasteiger partial charge in [-0.05, 0) is 0 Å². The van der Waals surface area contributed by atoms with E-state index in [2.05, 4.69) is 0 Å². The minimum Gasteiger partial charge on any atom is -0.237 e. The minimum atomic E-state index is -6.01. The van der Waals surface area contributed by atoms with E-state index < -0.39 is 27.0 Å². The maximum absolute atomic E-state index is 11.6.